The number of aromatic nitrogens is 1. The molecule has 1 aromatic heterocycles. The van der Waals surface area contributed by atoms with Crippen LogP contribution in [0.25, 0.3) is 10.9 Å². The summed E-state index contributed by atoms with van der Waals surface area (Å²) in [6.07, 6.45) is -0.677. The van der Waals surface area contributed by atoms with Crippen molar-refractivity contribution in [3.63, 3.8) is 0 Å². The Bertz CT molecular complexity index is 2450. The molecular formula is C49H66N10O11S2. The van der Waals surface area contributed by atoms with Crippen LogP contribution in [0.2, 0.25) is 0 Å². The number of hydrogen-bond acceptors (Lipinski definition) is 14. The molecule has 0 aliphatic carbocycles. The molecule has 23 heteroatoms. The van der Waals surface area contributed by atoms with E-state index < -0.39 is 108 Å². The molecule has 0 aliphatic heterocycles. The average molecular weight is 1040 g/mol. The molecule has 0 aliphatic rings. The van der Waals surface area contributed by atoms with Crippen LogP contribution >= 0.6 is 25.3 Å². The highest BCUT2D eigenvalue weighted by molar-refractivity contribution is 7.80. The number of aliphatic hydroxyl groups is 2. The first kappa shape index (κ1) is 58.1. The molecule has 3 aromatic carbocycles. The fraction of sp³-hybridized carbons (Fsp3) is 0.429. The molecule has 0 spiro atoms. The van der Waals surface area contributed by atoms with Crippen LogP contribution in [0.3, 0.4) is 0 Å². The van der Waals surface area contributed by atoms with Crippen molar-refractivity contribution in [2.24, 2.45) is 11.5 Å². The van der Waals surface area contributed by atoms with Crippen LogP contribution in [0.5, 0.6) is 0 Å². The molecule has 4 aromatic rings. The topological polar surface area (TPSA) is 349 Å². The van der Waals surface area contributed by atoms with Gasteiger partial charge in [0.1, 0.15) is 36.3 Å². The summed E-state index contributed by atoms with van der Waals surface area (Å²) in [4.78, 5) is 112. The minimum Gasteiger partial charge on any atom is -0.480 e. The number of hydrogen-bond donors (Lipinski definition) is 15. The molecule has 0 bridgehead atoms. The van der Waals surface area contributed by atoms with Crippen molar-refractivity contribution in [2.75, 3.05) is 18.1 Å². The molecule has 72 heavy (non-hydrogen) atoms. The second-order valence-corrected chi connectivity index (χ2v) is 18.0. The second-order valence-electron chi connectivity index (χ2n) is 17.3. The molecule has 21 nitrogen and oxygen atoms in total. The van der Waals surface area contributed by atoms with Gasteiger partial charge in [0.2, 0.25) is 41.4 Å². The lowest BCUT2D eigenvalue weighted by Gasteiger charge is -2.28. The smallest absolute Gasteiger partial charge is 0.328 e. The van der Waals surface area contributed by atoms with Gasteiger partial charge in [-0.05, 0) is 68.8 Å². The third kappa shape index (κ3) is 17.7. The number of para-hydroxylation sites is 1. The minimum absolute atomic E-state index is 0.0210. The Hall–Kier alpha value is -6.50. The first-order chi connectivity index (χ1) is 34.4. The number of nitrogens with two attached hydrogens (primary N) is 2. The molecular weight excluding hydrogens is 969 g/mol. The highest BCUT2D eigenvalue weighted by Crippen LogP contribution is 2.20. The molecule has 10 atom stereocenters. The zero-order valence-electron chi connectivity index (χ0n) is 40.0. The van der Waals surface area contributed by atoms with Gasteiger partial charge in [-0.15, -0.1) is 0 Å². The number of thiol groups is 2. The average Bonchev–Trinajstić information content (AvgIpc) is 3.77. The van der Waals surface area contributed by atoms with Gasteiger partial charge in [0.05, 0.1) is 18.2 Å². The van der Waals surface area contributed by atoms with Gasteiger partial charge in [-0.3, -0.25) is 33.6 Å². The number of amides is 7. The highest BCUT2D eigenvalue weighted by atomic mass is 32.1. The van der Waals surface area contributed by atoms with Gasteiger partial charge in [-0.1, -0.05) is 78.9 Å². The summed E-state index contributed by atoms with van der Waals surface area (Å²) in [6.45, 7) is 2.57. The fourth-order valence-corrected chi connectivity index (χ4v) is 8.07. The van der Waals surface area contributed by atoms with Crippen LogP contribution in [0.1, 0.15) is 49.8 Å². The molecule has 0 saturated carbocycles. The number of fused-ring (bicyclic) bond motifs is 1. The lowest BCUT2D eigenvalue weighted by Crippen LogP contribution is -2.62. The van der Waals surface area contributed by atoms with E-state index in [1.807, 2.05) is 48.5 Å². The Kier molecular flexibility index (Phi) is 23.5. The Morgan fingerprint density at radius 2 is 0.986 bits per heavy atom. The van der Waals surface area contributed by atoms with Crippen molar-refractivity contribution in [3.05, 3.63) is 108 Å². The summed E-state index contributed by atoms with van der Waals surface area (Å²) in [5, 5.41) is 48.4. The predicted octanol–water partition coefficient (Wildman–Crippen LogP) is -1.25. The molecule has 0 unspecified atom stereocenters. The van der Waals surface area contributed by atoms with E-state index in [9.17, 15) is 53.7 Å². The number of nitrogens with one attached hydrogen (secondary N) is 8. The van der Waals surface area contributed by atoms with E-state index in [4.69, 9.17) is 11.5 Å². The number of rotatable bonds is 29. The number of aliphatic carboxylic acids is 1. The number of carboxylic acids is 1. The molecule has 1 heterocycles. The summed E-state index contributed by atoms with van der Waals surface area (Å²) in [5.74, 6) is -8.06. The van der Waals surface area contributed by atoms with Gasteiger partial charge in [-0.2, -0.15) is 25.3 Å². The van der Waals surface area contributed by atoms with Gasteiger partial charge in [-0.25, -0.2) is 4.79 Å². The van der Waals surface area contributed by atoms with Gasteiger partial charge in [0.15, 0.2) is 6.04 Å². The quantitative estimate of drug-likeness (QED) is 0.0224. The van der Waals surface area contributed by atoms with Crippen LogP contribution in [0.15, 0.2) is 91.1 Å². The summed E-state index contributed by atoms with van der Waals surface area (Å²) in [6, 6.07) is 13.8. The van der Waals surface area contributed by atoms with Crippen molar-refractivity contribution in [3.8, 4) is 0 Å². The first-order valence-electron chi connectivity index (χ1n) is 23.4. The molecule has 0 fully saturated rings. The van der Waals surface area contributed by atoms with E-state index in [-0.39, 0.29) is 43.7 Å². The largest absolute Gasteiger partial charge is 0.480 e. The third-order valence-electron chi connectivity index (χ3n) is 11.6. The monoisotopic (exact) mass is 1030 g/mol. The van der Waals surface area contributed by atoms with E-state index in [1.165, 1.54) is 6.92 Å². The summed E-state index contributed by atoms with van der Waals surface area (Å²) >= 11 is 8.40. The van der Waals surface area contributed by atoms with Crippen LogP contribution in [0, 0.1) is 0 Å². The third-order valence-corrected chi connectivity index (χ3v) is 12.3. The van der Waals surface area contributed by atoms with Crippen molar-refractivity contribution in [2.45, 2.75) is 113 Å². The van der Waals surface area contributed by atoms with Gasteiger partial charge in [0.25, 0.3) is 0 Å². The van der Waals surface area contributed by atoms with Crippen LogP contribution < -0.4 is 48.7 Å². The standard InChI is InChI=1S/C49H66N10O11S2/c1-27(60)40(48(68)57-39(26-72)47(67)59-41(28(2)61)49(69)70)58-43(63)35(19-11-12-20-50)53-45(65)37(23-31-24-52-34-18-10-9-17-32(31)34)55-44(64)36(22-30-15-7-4-8-16-30)54-46(66)38(25-71)56-42(62)33(51)21-29-13-5-3-6-14-29/h3-10,13-18,24,27-28,33,35-41,52,60-61,71-72H,11-12,19-23,25-26,50-51H2,1-2H3,(H,53,65)(H,54,66)(H,55,64)(H,56,62)(H,57,68)(H,58,63)(H,59,67)(H,69,70)/t27-,28-,33-,35+,36+,37-,38+,39+,40+,41+/m1/s1. The zero-order chi connectivity index (χ0) is 52.9. The Morgan fingerprint density at radius 1 is 0.542 bits per heavy atom. The van der Waals surface area contributed by atoms with E-state index in [1.54, 1.807) is 42.6 Å². The summed E-state index contributed by atoms with van der Waals surface area (Å²) in [7, 11) is 0. The van der Waals surface area contributed by atoms with E-state index in [2.05, 4.69) is 67.5 Å². The maximum Gasteiger partial charge on any atom is 0.328 e. The van der Waals surface area contributed by atoms with Gasteiger partial charge in [0, 0.05) is 41.4 Å². The fourth-order valence-electron chi connectivity index (χ4n) is 7.56. The molecule has 390 valence electrons. The summed E-state index contributed by atoms with van der Waals surface area (Å²) in [5.41, 5.74) is 14.8. The number of aromatic amines is 1. The number of benzene rings is 3. The SMILES string of the molecule is C[C@@H](O)[C@H](NC(=O)[C@H](CS)NC(=O)[C@@H](NC(=O)[C@H](CCCCN)NC(=O)[C@@H](Cc1c[nH]c2ccccc12)NC(=O)[C@H](Cc1ccccc1)NC(=O)[C@H](CS)NC(=O)[C@H](N)Cc1ccccc1)[C@@H](C)O)C(=O)O. The van der Waals surface area contributed by atoms with Crippen molar-refractivity contribution < 1.29 is 53.7 Å². The Labute approximate surface area is 428 Å². The van der Waals surface area contributed by atoms with Crippen molar-refractivity contribution in [1.82, 2.24) is 42.2 Å². The van der Waals surface area contributed by atoms with Crippen LogP contribution in [-0.2, 0) is 57.6 Å². The van der Waals surface area contributed by atoms with E-state index in [0.29, 0.717) is 24.0 Å². The molecule has 0 radical (unpaired) electrons. The zero-order valence-corrected chi connectivity index (χ0v) is 41.7. The number of H-pyrrole nitrogens is 1. The van der Waals surface area contributed by atoms with Gasteiger partial charge >= 0.3 is 5.97 Å². The lowest BCUT2D eigenvalue weighted by molar-refractivity contribution is -0.145. The van der Waals surface area contributed by atoms with Gasteiger partial charge < -0.3 is 69.0 Å². The molecule has 7 amide bonds. The molecule has 4 rings (SSSR count). The normalized spacial score (nSPS) is 15.4. The lowest BCUT2D eigenvalue weighted by atomic mass is 10.0. The maximum atomic E-state index is 14.6. The van der Waals surface area contributed by atoms with Crippen molar-refractivity contribution in [1.29, 1.82) is 0 Å². The second kappa shape index (κ2) is 29.1. The number of carbonyl (C=O) groups is 8. The predicted molar refractivity (Wildman–Crippen MR) is 275 cm³/mol. The number of carboxylic acid groups (broad SMARTS) is 1. The Morgan fingerprint density at radius 3 is 1.53 bits per heavy atom. The van der Waals surface area contributed by atoms with Crippen LogP contribution in [0.4, 0.5) is 0 Å². The van der Waals surface area contributed by atoms with E-state index in [0.717, 1.165) is 23.4 Å². The number of unbranched alkanes of at least 4 members (excludes halogenated alkanes) is 1. The Balaban J connectivity index is 1.61. The van der Waals surface area contributed by atoms with Crippen molar-refractivity contribution >= 4 is 83.5 Å². The maximum absolute atomic E-state index is 14.6. The van der Waals surface area contributed by atoms with Crippen LogP contribution in [-0.4, -0.2) is 146 Å². The highest BCUT2D eigenvalue weighted by Gasteiger charge is 2.36. The minimum atomic E-state index is -1.72. The first-order valence-corrected chi connectivity index (χ1v) is 24.6. The molecule has 0 saturated heterocycles. The molecule has 15 N–H and O–H groups in total. The number of aliphatic hydroxyl groups excluding tert-OH is 2. The summed E-state index contributed by atoms with van der Waals surface area (Å²) < 4.78 is 0. The van der Waals surface area contributed by atoms with E-state index >= 15 is 0 Å². The number of carbonyl (C=O) groups excluding carboxylic acids is 7.